The quantitative estimate of drug-likeness (QED) is 0.723. The van der Waals surface area contributed by atoms with Crippen LogP contribution in [-0.2, 0) is 4.74 Å². The Morgan fingerprint density at radius 1 is 1.11 bits per heavy atom. The van der Waals surface area contributed by atoms with Crippen LogP contribution in [0.2, 0.25) is 0 Å². The molecule has 2 saturated carbocycles. The first-order chi connectivity index (χ1) is 9.29. The van der Waals surface area contributed by atoms with Crippen LogP contribution in [0.4, 0.5) is 0 Å². The molecule has 1 aliphatic heterocycles. The molecule has 3 aliphatic carbocycles. The van der Waals surface area contributed by atoms with Gasteiger partial charge >= 0.3 is 0 Å². The van der Waals surface area contributed by atoms with Crippen LogP contribution in [0, 0.1) is 11.8 Å². The number of rotatable bonds is 0. The zero-order chi connectivity index (χ0) is 12.6. The van der Waals surface area contributed by atoms with E-state index in [1.54, 1.807) is 0 Å². The van der Waals surface area contributed by atoms with Crippen molar-refractivity contribution in [3.8, 4) is 0 Å². The highest BCUT2D eigenvalue weighted by Crippen LogP contribution is 2.64. The summed E-state index contributed by atoms with van der Waals surface area (Å²) >= 11 is 0. The van der Waals surface area contributed by atoms with Crippen molar-refractivity contribution in [2.24, 2.45) is 11.8 Å². The number of hydrogen-bond donors (Lipinski definition) is 1. The van der Waals surface area contributed by atoms with E-state index in [-0.39, 0.29) is 6.10 Å². The van der Waals surface area contributed by atoms with Crippen molar-refractivity contribution in [1.29, 1.82) is 0 Å². The lowest BCUT2D eigenvalue weighted by Crippen LogP contribution is -2.51. The fraction of sp³-hybridized carbons (Fsp3) is 0.647. The molecule has 1 saturated heterocycles. The van der Waals surface area contributed by atoms with Crippen molar-refractivity contribution >= 4 is 0 Å². The lowest BCUT2D eigenvalue weighted by Gasteiger charge is -2.48. The molecule has 1 heterocycles. The van der Waals surface area contributed by atoms with Gasteiger partial charge in [-0.3, -0.25) is 0 Å². The standard InChI is InChI=1S/C17H20O2/c18-17-9-3-4-10(17)7-8-12-11-5-1-2-6-13(11)15-16(19-15)14(12)17/h1-2,5-6,10,12,14-16,18H,3-4,7-9H2/t10-,12-,14-,15-,16+,17+/m0/s1. The van der Waals surface area contributed by atoms with Crippen molar-refractivity contribution < 1.29 is 9.84 Å². The minimum atomic E-state index is -0.435. The highest BCUT2D eigenvalue weighted by atomic mass is 16.6. The van der Waals surface area contributed by atoms with Crippen molar-refractivity contribution in [2.45, 2.75) is 55.8 Å². The molecule has 1 aromatic rings. The number of fused-ring (bicyclic) bond motifs is 8. The van der Waals surface area contributed by atoms with Gasteiger partial charge in [0.1, 0.15) is 6.10 Å². The minimum absolute atomic E-state index is 0.279. The van der Waals surface area contributed by atoms with E-state index in [4.69, 9.17) is 4.74 Å². The van der Waals surface area contributed by atoms with Crippen LogP contribution in [0.3, 0.4) is 0 Å². The summed E-state index contributed by atoms with van der Waals surface area (Å²) in [4.78, 5) is 0. The molecule has 4 aliphatic rings. The van der Waals surface area contributed by atoms with E-state index >= 15 is 0 Å². The minimum Gasteiger partial charge on any atom is -0.389 e. The van der Waals surface area contributed by atoms with Crippen LogP contribution in [0.15, 0.2) is 24.3 Å². The van der Waals surface area contributed by atoms with Crippen molar-refractivity contribution in [1.82, 2.24) is 0 Å². The molecule has 2 heteroatoms. The molecule has 100 valence electrons. The van der Waals surface area contributed by atoms with E-state index in [1.807, 2.05) is 0 Å². The van der Waals surface area contributed by atoms with Crippen LogP contribution >= 0.6 is 0 Å². The Kier molecular flexibility index (Phi) is 1.96. The molecule has 0 amide bonds. The van der Waals surface area contributed by atoms with E-state index in [2.05, 4.69) is 24.3 Å². The van der Waals surface area contributed by atoms with Crippen LogP contribution in [0.5, 0.6) is 0 Å². The van der Waals surface area contributed by atoms with Crippen molar-refractivity contribution in [3.63, 3.8) is 0 Å². The zero-order valence-electron chi connectivity index (χ0n) is 11.1. The molecule has 1 aromatic carbocycles. The van der Waals surface area contributed by atoms with Crippen molar-refractivity contribution in [3.05, 3.63) is 35.4 Å². The van der Waals surface area contributed by atoms with Crippen LogP contribution < -0.4 is 0 Å². The molecule has 0 unspecified atom stereocenters. The highest BCUT2D eigenvalue weighted by Gasteiger charge is 2.64. The summed E-state index contributed by atoms with van der Waals surface area (Å²) in [5.41, 5.74) is 2.43. The van der Waals surface area contributed by atoms with Crippen LogP contribution in [0.25, 0.3) is 0 Å². The molecule has 2 nitrogen and oxygen atoms in total. The van der Waals surface area contributed by atoms with Gasteiger partial charge in [0.15, 0.2) is 0 Å². The number of epoxide rings is 1. The molecular weight excluding hydrogens is 236 g/mol. The summed E-state index contributed by atoms with van der Waals surface area (Å²) in [6.45, 7) is 0. The topological polar surface area (TPSA) is 32.8 Å². The number of hydrogen-bond acceptors (Lipinski definition) is 2. The molecule has 3 fully saturated rings. The average Bonchev–Trinajstić information content (AvgIpc) is 3.13. The third kappa shape index (κ3) is 1.25. The first-order valence-electron chi connectivity index (χ1n) is 7.76. The van der Waals surface area contributed by atoms with E-state index in [9.17, 15) is 5.11 Å². The Morgan fingerprint density at radius 3 is 2.84 bits per heavy atom. The maximum Gasteiger partial charge on any atom is 0.110 e. The largest absolute Gasteiger partial charge is 0.389 e. The average molecular weight is 256 g/mol. The highest BCUT2D eigenvalue weighted by molar-refractivity contribution is 5.41. The summed E-state index contributed by atoms with van der Waals surface area (Å²) in [7, 11) is 0. The molecule has 5 rings (SSSR count). The van der Waals surface area contributed by atoms with Crippen LogP contribution in [0.1, 0.15) is 55.3 Å². The molecule has 19 heavy (non-hydrogen) atoms. The second kappa shape index (κ2) is 3.42. The van der Waals surface area contributed by atoms with Gasteiger partial charge in [0.25, 0.3) is 0 Å². The predicted molar refractivity (Wildman–Crippen MR) is 71.8 cm³/mol. The molecule has 0 bridgehead atoms. The van der Waals surface area contributed by atoms with Gasteiger partial charge in [-0.1, -0.05) is 30.7 Å². The predicted octanol–water partition coefficient (Wildman–Crippen LogP) is 3.16. The Balaban J connectivity index is 1.65. The first kappa shape index (κ1) is 10.9. The fourth-order valence-corrected chi connectivity index (χ4v) is 5.44. The van der Waals surface area contributed by atoms with Gasteiger partial charge in [-0.15, -0.1) is 0 Å². The lowest BCUT2D eigenvalue weighted by atomic mass is 9.58. The van der Waals surface area contributed by atoms with Gasteiger partial charge in [-0.05, 0) is 48.6 Å². The van der Waals surface area contributed by atoms with Gasteiger partial charge in [0, 0.05) is 5.92 Å². The summed E-state index contributed by atoms with van der Waals surface area (Å²) in [5, 5.41) is 11.2. The normalized spacial score (nSPS) is 49.8. The van der Waals surface area contributed by atoms with E-state index in [0.717, 1.165) is 6.42 Å². The second-order valence-corrected chi connectivity index (χ2v) is 6.94. The van der Waals surface area contributed by atoms with Gasteiger partial charge in [-0.2, -0.15) is 0 Å². The molecule has 0 aromatic heterocycles. The monoisotopic (exact) mass is 256 g/mol. The molecule has 0 radical (unpaired) electrons. The maximum atomic E-state index is 11.2. The van der Waals surface area contributed by atoms with E-state index in [1.165, 1.54) is 36.8 Å². The van der Waals surface area contributed by atoms with Gasteiger partial charge in [0.05, 0.1) is 11.7 Å². The maximum absolute atomic E-state index is 11.2. The van der Waals surface area contributed by atoms with Gasteiger partial charge in [0.2, 0.25) is 0 Å². The van der Waals surface area contributed by atoms with Gasteiger partial charge < -0.3 is 9.84 Å². The first-order valence-corrected chi connectivity index (χ1v) is 7.76. The van der Waals surface area contributed by atoms with E-state index in [0.29, 0.717) is 23.9 Å². The third-order valence-corrected chi connectivity index (χ3v) is 6.26. The summed E-state index contributed by atoms with van der Waals surface area (Å²) < 4.78 is 5.99. The number of aliphatic hydroxyl groups is 1. The smallest absolute Gasteiger partial charge is 0.110 e. The Hall–Kier alpha value is -0.860. The summed E-state index contributed by atoms with van der Waals surface area (Å²) in [5.74, 6) is 1.41. The Labute approximate surface area is 113 Å². The number of benzene rings is 1. The van der Waals surface area contributed by atoms with Crippen LogP contribution in [-0.4, -0.2) is 16.8 Å². The summed E-state index contributed by atoms with van der Waals surface area (Å²) in [6, 6.07) is 8.75. The molecule has 0 spiro atoms. The van der Waals surface area contributed by atoms with E-state index < -0.39 is 5.60 Å². The third-order valence-electron chi connectivity index (χ3n) is 6.26. The Morgan fingerprint density at radius 2 is 1.95 bits per heavy atom. The molecule has 1 N–H and O–H groups in total. The number of ether oxygens (including phenoxy) is 1. The Bertz CT molecular complexity index is 540. The zero-order valence-corrected chi connectivity index (χ0v) is 11.1. The molecular formula is C17H20O2. The van der Waals surface area contributed by atoms with Gasteiger partial charge in [-0.25, -0.2) is 0 Å². The fourth-order valence-electron chi connectivity index (χ4n) is 5.44. The van der Waals surface area contributed by atoms with Crippen molar-refractivity contribution in [2.75, 3.05) is 0 Å². The SMILES string of the molecule is O[C@]12CCC[C@H]1CC[C@H]1c3ccccc3[C@@H]3O[C@@H]3[C@H]12. The second-order valence-electron chi connectivity index (χ2n) is 6.94. The molecule has 6 atom stereocenters. The summed E-state index contributed by atoms with van der Waals surface area (Å²) in [6.07, 6.45) is 6.42. The lowest BCUT2D eigenvalue weighted by molar-refractivity contribution is -0.0946.